The molecule has 1 rings (SSSR count). The molecule has 0 amide bonds. The van der Waals surface area contributed by atoms with Crippen LogP contribution < -0.4 is 0 Å². The topological polar surface area (TPSA) is 46.6 Å². The maximum absolute atomic E-state index is 11.7. The lowest BCUT2D eigenvalue weighted by molar-refractivity contribution is -0.181. The molecule has 0 bridgehead atoms. The van der Waals surface area contributed by atoms with Gasteiger partial charge in [0.1, 0.15) is 5.78 Å². The fourth-order valence-electron chi connectivity index (χ4n) is 2.84. The lowest BCUT2D eigenvalue weighted by Crippen LogP contribution is -2.59. The summed E-state index contributed by atoms with van der Waals surface area (Å²) >= 11 is 0. The Kier molecular flexibility index (Phi) is 4.69. The Morgan fingerprint density at radius 3 is 2.12 bits per heavy atom. The fourth-order valence-corrected chi connectivity index (χ4v) is 2.84. The summed E-state index contributed by atoms with van der Waals surface area (Å²) in [5.74, 6) is 0.321. The van der Waals surface area contributed by atoms with Crippen molar-refractivity contribution in [2.75, 3.05) is 0 Å². The van der Waals surface area contributed by atoms with Crippen molar-refractivity contribution in [1.82, 2.24) is 4.90 Å². The molecule has 1 aliphatic heterocycles. The van der Waals surface area contributed by atoms with Crippen molar-refractivity contribution in [1.29, 1.82) is 0 Å². The molecule has 4 nitrogen and oxygen atoms in total. The van der Waals surface area contributed by atoms with Crippen molar-refractivity contribution in [3.05, 3.63) is 0 Å². The highest BCUT2D eigenvalue weighted by Gasteiger charge is 2.42. The summed E-state index contributed by atoms with van der Waals surface area (Å²) in [6.45, 7) is 8.42. The largest absolute Gasteiger partial charge is 0.446 e. The van der Waals surface area contributed by atoms with Crippen LogP contribution in [0.15, 0.2) is 0 Å². The number of likely N-dealkylation sites (tertiary alicyclic amines) is 1. The molecule has 98 valence electrons. The molecule has 0 spiro atoms. The summed E-state index contributed by atoms with van der Waals surface area (Å²) < 4.78 is 5.20. The molecule has 1 aliphatic rings. The van der Waals surface area contributed by atoms with Crippen LogP contribution in [0.4, 0.5) is 0 Å². The molecular weight excluding hydrogens is 218 g/mol. The van der Waals surface area contributed by atoms with Crippen molar-refractivity contribution >= 4 is 12.3 Å². The molecule has 0 aromatic rings. The van der Waals surface area contributed by atoms with Gasteiger partial charge in [-0.05, 0) is 26.7 Å². The second-order valence-corrected chi connectivity index (χ2v) is 5.14. The fraction of sp³-hybridized carbons (Fsp3) is 0.846. The van der Waals surface area contributed by atoms with Gasteiger partial charge >= 0.3 is 0 Å². The Morgan fingerprint density at radius 2 is 1.76 bits per heavy atom. The lowest BCUT2D eigenvalue weighted by Gasteiger charge is -2.48. The van der Waals surface area contributed by atoms with Crippen molar-refractivity contribution in [2.45, 2.75) is 71.2 Å². The molecule has 2 atom stereocenters. The molecule has 2 unspecified atom stereocenters. The molecule has 1 fully saturated rings. The number of ether oxygens (including phenoxy) is 1. The van der Waals surface area contributed by atoms with Crippen LogP contribution in [-0.4, -0.2) is 35.0 Å². The Bertz CT molecular complexity index is 272. The predicted octanol–water partition coefficient (Wildman–Crippen LogP) is 2.12. The summed E-state index contributed by atoms with van der Waals surface area (Å²) in [4.78, 5) is 24.5. The minimum atomic E-state index is -0.635. The third-order valence-corrected chi connectivity index (χ3v) is 3.61. The minimum absolute atomic E-state index is 0.177. The lowest BCUT2D eigenvalue weighted by atomic mass is 9.89. The third kappa shape index (κ3) is 3.06. The molecule has 0 N–H and O–H groups in total. The van der Waals surface area contributed by atoms with E-state index in [-0.39, 0.29) is 12.1 Å². The highest BCUT2D eigenvalue weighted by molar-refractivity contribution is 5.80. The molecule has 0 aliphatic carbocycles. The molecule has 0 radical (unpaired) electrons. The number of carbonyl (C=O) groups excluding carboxylic acids is 2. The van der Waals surface area contributed by atoms with Crippen LogP contribution >= 0.6 is 0 Å². The Labute approximate surface area is 103 Å². The summed E-state index contributed by atoms with van der Waals surface area (Å²) in [6.07, 6.45) is 2.93. The van der Waals surface area contributed by atoms with E-state index in [0.29, 0.717) is 25.1 Å². The van der Waals surface area contributed by atoms with Crippen LogP contribution in [0, 0.1) is 0 Å². The molecule has 0 aromatic carbocycles. The molecule has 17 heavy (non-hydrogen) atoms. The number of piperidine rings is 1. The van der Waals surface area contributed by atoms with Gasteiger partial charge in [0, 0.05) is 24.9 Å². The zero-order valence-electron chi connectivity index (χ0n) is 11.2. The normalized spacial score (nSPS) is 26.9. The number of Topliss-reactive ketones (excluding diaryl/α,β-unsaturated/α-hetero) is 1. The van der Waals surface area contributed by atoms with E-state index in [1.807, 2.05) is 13.8 Å². The van der Waals surface area contributed by atoms with Gasteiger partial charge in [-0.15, -0.1) is 0 Å². The Morgan fingerprint density at radius 1 is 1.29 bits per heavy atom. The standard InChI is InChI=1S/C13H23NO3/c1-5-10-7-12(16)8-11(6-2)14(10)13(3,4)17-9-15/h9-11H,5-8H2,1-4H3. The van der Waals surface area contributed by atoms with Gasteiger partial charge in [0.2, 0.25) is 0 Å². The van der Waals surface area contributed by atoms with E-state index < -0.39 is 5.72 Å². The Hall–Kier alpha value is -0.900. The number of ketones is 1. The van der Waals surface area contributed by atoms with Crippen LogP contribution in [0.5, 0.6) is 0 Å². The van der Waals surface area contributed by atoms with E-state index in [2.05, 4.69) is 18.7 Å². The van der Waals surface area contributed by atoms with Crippen molar-refractivity contribution in [2.24, 2.45) is 0 Å². The van der Waals surface area contributed by atoms with Crippen LogP contribution in [0.2, 0.25) is 0 Å². The third-order valence-electron chi connectivity index (χ3n) is 3.61. The SMILES string of the molecule is CCC1CC(=O)CC(CC)N1C(C)(C)OC=O. The molecule has 1 saturated heterocycles. The van der Waals surface area contributed by atoms with Gasteiger partial charge in [-0.25, -0.2) is 0 Å². The zero-order valence-corrected chi connectivity index (χ0v) is 11.2. The van der Waals surface area contributed by atoms with E-state index >= 15 is 0 Å². The Balaban J connectivity index is 2.96. The predicted molar refractivity (Wildman–Crippen MR) is 65.5 cm³/mol. The number of carbonyl (C=O) groups is 2. The first-order valence-electron chi connectivity index (χ1n) is 6.37. The van der Waals surface area contributed by atoms with E-state index in [1.165, 1.54) is 0 Å². The van der Waals surface area contributed by atoms with Crippen LogP contribution in [0.1, 0.15) is 53.4 Å². The van der Waals surface area contributed by atoms with E-state index in [9.17, 15) is 9.59 Å². The van der Waals surface area contributed by atoms with E-state index in [0.717, 1.165) is 12.8 Å². The maximum atomic E-state index is 11.7. The smallest absolute Gasteiger partial charge is 0.294 e. The molecule has 0 aromatic heterocycles. The number of hydrogen-bond donors (Lipinski definition) is 0. The summed E-state index contributed by atoms with van der Waals surface area (Å²) in [7, 11) is 0. The highest BCUT2D eigenvalue weighted by atomic mass is 16.6. The molecular formula is C13H23NO3. The molecule has 1 heterocycles. The molecule has 0 saturated carbocycles. The van der Waals surface area contributed by atoms with Gasteiger partial charge in [0.05, 0.1) is 0 Å². The second kappa shape index (κ2) is 5.63. The highest BCUT2D eigenvalue weighted by Crippen LogP contribution is 2.32. The van der Waals surface area contributed by atoms with Crippen LogP contribution in [0.3, 0.4) is 0 Å². The van der Waals surface area contributed by atoms with Gasteiger partial charge in [0.25, 0.3) is 6.47 Å². The van der Waals surface area contributed by atoms with Gasteiger partial charge in [-0.2, -0.15) is 0 Å². The maximum Gasteiger partial charge on any atom is 0.294 e. The molecule has 4 heteroatoms. The van der Waals surface area contributed by atoms with Crippen LogP contribution in [0.25, 0.3) is 0 Å². The summed E-state index contributed by atoms with van der Waals surface area (Å²) in [5, 5.41) is 0. The average molecular weight is 241 g/mol. The summed E-state index contributed by atoms with van der Waals surface area (Å²) in [6, 6.07) is 0.354. The van der Waals surface area contributed by atoms with E-state index in [4.69, 9.17) is 4.74 Å². The number of rotatable bonds is 5. The first-order valence-corrected chi connectivity index (χ1v) is 6.37. The van der Waals surface area contributed by atoms with Gasteiger partial charge in [0.15, 0.2) is 5.72 Å². The van der Waals surface area contributed by atoms with Gasteiger partial charge < -0.3 is 4.74 Å². The first-order chi connectivity index (χ1) is 7.96. The second-order valence-electron chi connectivity index (χ2n) is 5.14. The van der Waals surface area contributed by atoms with Crippen molar-refractivity contribution < 1.29 is 14.3 Å². The zero-order chi connectivity index (χ0) is 13.1. The summed E-state index contributed by atoms with van der Waals surface area (Å²) in [5.41, 5.74) is -0.635. The first kappa shape index (κ1) is 14.2. The minimum Gasteiger partial charge on any atom is -0.446 e. The quantitative estimate of drug-likeness (QED) is 0.692. The van der Waals surface area contributed by atoms with Crippen molar-refractivity contribution in [3.8, 4) is 0 Å². The monoisotopic (exact) mass is 241 g/mol. The average Bonchev–Trinajstić information content (AvgIpc) is 2.27. The van der Waals surface area contributed by atoms with Gasteiger partial charge in [-0.1, -0.05) is 13.8 Å². The van der Waals surface area contributed by atoms with Crippen LogP contribution in [-0.2, 0) is 14.3 Å². The van der Waals surface area contributed by atoms with E-state index in [1.54, 1.807) is 0 Å². The van der Waals surface area contributed by atoms with Crippen molar-refractivity contribution in [3.63, 3.8) is 0 Å². The number of nitrogens with zero attached hydrogens (tertiary/aromatic N) is 1. The van der Waals surface area contributed by atoms with Gasteiger partial charge in [-0.3, -0.25) is 14.5 Å². The number of hydrogen-bond acceptors (Lipinski definition) is 4.